The normalized spacial score (nSPS) is 18.6. The highest BCUT2D eigenvalue weighted by atomic mass is 19.4. The summed E-state index contributed by atoms with van der Waals surface area (Å²) in [7, 11) is 1.64. The summed E-state index contributed by atoms with van der Waals surface area (Å²) in [5.74, 6) is -0.387. The summed E-state index contributed by atoms with van der Waals surface area (Å²) in [6.45, 7) is 0.902. The molecule has 0 spiro atoms. The molecule has 1 aromatic carbocycles. The molecule has 4 nitrogen and oxygen atoms in total. The van der Waals surface area contributed by atoms with E-state index in [-0.39, 0.29) is 11.7 Å². The quantitative estimate of drug-likeness (QED) is 0.858. The smallest absolute Gasteiger partial charge is 0.406 e. The molecule has 1 aliphatic heterocycles. The Morgan fingerprint density at radius 1 is 1.38 bits per heavy atom. The second-order valence-corrected chi connectivity index (χ2v) is 4.89. The van der Waals surface area contributed by atoms with Gasteiger partial charge in [0, 0.05) is 20.2 Å². The van der Waals surface area contributed by atoms with Gasteiger partial charge in [0.1, 0.15) is 11.9 Å². The summed E-state index contributed by atoms with van der Waals surface area (Å²) in [6, 6.07) is 5.46. The van der Waals surface area contributed by atoms with Crippen molar-refractivity contribution in [3.05, 3.63) is 29.8 Å². The summed E-state index contributed by atoms with van der Waals surface area (Å²) in [5.41, 5.74) is 0.721. The Hall–Kier alpha value is -1.76. The molecule has 7 heteroatoms. The van der Waals surface area contributed by atoms with Crippen molar-refractivity contribution in [3.8, 4) is 5.75 Å². The van der Waals surface area contributed by atoms with Gasteiger partial charge in [0.15, 0.2) is 0 Å². The Kier molecular flexibility index (Phi) is 4.72. The predicted octanol–water partition coefficient (Wildman–Crippen LogP) is 2.72. The molecule has 1 unspecified atom stereocenters. The fourth-order valence-electron chi connectivity index (χ4n) is 2.17. The van der Waals surface area contributed by atoms with E-state index in [1.807, 2.05) is 0 Å². The maximum atomic E-state index is 12.0. The van der Waals surface area contributed by atoms with Crippen molar-refractivity contribution in [1.82, 2.24) is 4.90 Å². The Bertz CT molecular complexity index is 481. The van der Waals surface area contributed by atoms with Gasteiger partial charge in [-0.2, -0.15) is 0 Å². The van der Waals surface area contributed by atoms with E-state index < -0.39 is 12.5 Å². The fraction of sp³-hybridized carbons (Fsp3) is 0.500. The van der Waals surface area contributed by atoms with Gasteiger partial charge in [-0.25, -0.2) is 0 Å². The second-order valence-electron chi connectivity index (χ2n) is 4.89. The molecular weight excluding hydrogens is 287 g/mol. The van der Waals surface area contributed by atoms with Crippen molar-refractivity contribution in [2.45, 2.75) is 31.9 Å². The number of carbonyl (C=O) groups excluding carboxylic acids is 1. The number of alkyl halides is 3. The van der Waals surface area contributed by atoms with Gasteiger partial charge in [0.25, 0.3) is 5.91 Å². The molecule has 21 heavy (non-hydrogen) atoms. The van der Waals surface area contributed by atoms with Crippen molar-refractivity contribution in [2.24, 2.45) is 0 Å². The zero-order valence-electron chi connectivity index (χ0n) is 11.5. The number of nitrogens with zero attached hydrogens (tertiary/aromatic N) is 1. The van der Waals surface area contributed by atoms with E-state index in [0.717, 1.165) is 12.0 Å². The molecule has 1 saturated heterocycles. The minimum absolute atomic E-state index is 0.108. The first-order valence-electron chi connectivity index (χ1n) is 6.56. The first-order valence-corrected chi connectivity index (χ1v) is 6.56. The van der Waals surface area contributed by atoms with Crippen LogP contribution in [0.3, 0.4) is 0 Å². The van der Waals surface area contributed by atoms with Crippen LogP contribution in [0.25, 0.3) is 0 Å². The van der Waals surface area contributed by atoms with Crippen LogP contribution < -0.4 is 4.74 Å². The van der Waals surface area contributed by atoms with Crippen LogP contribution >= 0.6 is 0 Å². The molecule has 0 N–H and O–H groups in total. The van der Waals surface area contributed by atoms with Gasteiger partial charge in [-0.3, -0.25) is 4.79 Å². The summed E-state index contributed by atoms with van der Waals surface area (Å²) in [4.78, 5) is 13.5. The second kappa shape index (κ2) is 6.34. The number of benzene rings is 1. The molecule has 0 aliphatic carbocycles. The highest BCUT2D eigenvalue weighted by molar-refractivity contribution is 5.80. The van der Waals surface area contributed by atoms with E-state index in [1.165, 1.54) is 29.2 Å². The van der Waals surface area contributed by atoms with Crippen molar-refractivity contribution in [1.29, 1.82) is 0 Å². The van der Waals surface area contributed by atoms with Crippen molar-refractivity contribution in [3.63, 3.8) is 0 Å². The molecule has 0 aromatic heterocycles. The molecule has 1 fully saturated rings. The molecule has 116 valence electrons. The minimum atomic E-state index is -4.70. The highest BCUT2D eigenvalue weighted by Crippen LogP contribution is 2.23. The van der Waals surface area contributed by atoms with Crippen LogP contribution in [0, 0.1) is 0 Å². The Labute approximate surface area is 120 Å². The van der Waals surface area contributed by atoms with Crippen molar-refractivity contribution in [2.75, 3.05) is 13.7 Å². The van der Waals surface area contributed by atoms with Gasteiger partial charge < -0.3 is 14.4 Å². The molecule has 0 saturated carbocycles. The SMILES string of the molecule is CN(Cc1ccc(OC(F)(F)F)cc1)C(=O)C1CCCO1. The molecule has 0 radical (unpaired) electrons. The van der Waals surface area contributed by atoms with Gasteiger partial charge in [-0.05, 0) is 30.5 Å². The predicted molar refractivity (Wildman–Crippen MR) is 68.6 cm³/mol. The first-order chi connectivity index (χ1) is 9.85. The first kappa shape index (κ1) is 15.6. The minimum Gasteiger partial charge on any atom is -0.406 e. The summed E-state index contributed by atoms with van der Waals surface area (Å²) in [5, 5.41) is 0. The number of likely N-dealkylation sites (N-methyl/N-ethyl adjacent to an activating group) is 1. The van der Waals surface area contributed by atoms with E-state index in [9.17, 15) is 18.0 Å². The van der Waals surface area contributed by atoms with Crippen LogP contribution in [0.5, 0.6) is 5.75 Å². The number of ether oxygens (including phenoxy) is 2. The third-order valence-electron chi connectivity index (χ3n) is 3.16. The number of halogens is 3. The van der Waals surface area contributed by atoms with Gasteiger partial charge in [0.2, 0.25) is 0 Å². The monoisotopic (exact) mass is 303 g/mol. The molecule has 2 rings (SSSR count). The Morgan fingerprint density at radius 3 is 2.57 bits per heavy atom. The molecule has 1 aliphatic rings. The van der Waals surface area contributed by atoms with Crippen LogP contribution in [0.1, 0.15) is 18.4 Å². The third kappa shape index (κ3) is 4.63. The number of amides is 1. The molecule has 1 atom stereocenters. The standard InChI is InChI=1S/C14H16F3NO3/c1-18(13(19)12-3-2-8-20-12)9-10-4-6-11(7-5-10)21-14(15,16)17/h4-7,12H,2-3,8-9H2,1H3. The summed E-state index contributed by atoms with van der Waals surface area (Å²) in [6.07, 6.45) is -3.52. The molecular formula is C14H16F3NO3. The lowest BCUT2D eigenvalue weighted by atomic mass is 10.2. The van der Waals surface area contributed by atoms with Crippen LogP contribution in [0.2, 0.25) is 0 Å². The zero-order valence-corrected chi connectivity index (χ0v) is 11.5. The fourth-order valence-corrected chi connectivity index (χ4v) is 2.17. The van der Waals surface area contributed by atoms with E-state index in [2.05, 4.69) is 4.74 Å². The van der Waals surface area contributed by atoms with E-state index >= 15 is 0 Å². The van der Waals surface area contributed by atoms with Gasteiger partial charge in [-0.1, -0.05) is 12.1 Å². The van der Waals surface area contributed by atoms with E-state index in [4.69, 9.17) is 4.74 Å². The topological polar surface area (TPSA) is 38.8 Å². The van der Waals surface area contributed by atoms with E-state index in [0.29, 0.717) is 19.6 Å². The average Bonchev–Trinajstić information content (AvgIpc) is 2.92. The van der Waals surface area contributed by atoms with E-state index in [1.54, 1.807) is 7.05 Å². The maximum absolute atomic E-state index is 12.0. The number of carbonyl (C=O) groups is 1. The molecule has 1 heterocycles. The number of hydrogen-bond acceptors (Lipinski definition) is 3. The van der Waals surface area contributed by atoms with Gasteiger partial charge in [0.05, 0.1) is 0 Å². The summed E-state index contributed by atoms with van der Waals surface area (Å²) >= 11 is 0. The zero-order chi connectivity index (χ0) is 15.5. The molecule has 1 aromatic rings. The Balaban J connectivity index is 1.91. The lowest BCUT2D eigenvalue weighted by Crippen LogP contribution is -2.35. The van der Waals surface area contributed by atoms with Gasteiger partial charge >= 0.3 is 6.36 Å². The van der Waals surface area contributed by atoms with Crippen LogP contribution in [0.4, 0.5) is 13.2 Å². The summed E-state index contributed by atoms with van der Waals surface area (Å²) < 4.78 is 45.2. The van der Waals surface area contributed by atoms with Crippen LogP contribution in [-0.2, 0) is 16.1 Å². The molecule has 1 amide bonds. The lowest BCUT2D eigenvalue weighted by molar-refractivity contribution is -0.274. The largest absolute Gasteiger partial charge is 0.573 e. The van der Waals surface area contributed by atoms with Gasteiger partial charge in [-0.15, -0.1) is 13.2 Å². The Morgan fingerprint density at radius 2 is 2.05 bits per heavy atom. The number of rotatable bonds is 4. The molecule has 0 bridgehead atoms. The van der Waals surface area contributed by atoms with Crippen LogP contribution in [-0.4, -0.2) is 36.9 Å². The number of hydrogen-bond donors (Lipinski definition) is 0. The van der Waals surface area contributed by atoms with Crippen molar-refractivity contribution < 1.29 is 27.4 Å². The lowest BCUT2D eigenvalue weighted by Gasteiger charge is -2.20. The third-order valence-corrected chi connectivity index (χ3v) is 3.16. The van der Waals surface area contributed by atoms with Crippen molar-refractivity contribution >= 4 is 5.91 Å². The van der Waals surface area contributed by atoms with Crippen LogP contribution in [0.15, 0.2) is 24.3 Å². The highest BCUT2D eigenvalue weighted by Gasteiger charge is 2.31. The average molecular weight is 303 g/mol. The maximum Gasteiger partial charge on any atom is 0.573 e.